The van der Waals surface area contributed by atoms with Crippen molar-refractivity contribution >= 4 is 17.3 Å². The fraction of sp³-hybridized carbons (Fsp3) is 0.667. The van der Waals surface area contributed by atoms with E-state index in [1.807, 2.05) is 18.6 Å². The Labute approximate surface area is 107 Å². The summed E-state index contributed by atoms with van der Waals surface area (Å²) in [6.45, 7) is 5.30. The van der Waals surface area contributed by atoms with Crippen molar-refractivity contribution < 1.29 is 0 Å². The van der Waals surface area contributed by atoms with E-state index in [4.69, 9.17) is 0 Å². The van der Waals surface area contributed by atoms with Gasteiger partial charge in [-0.05, 0) is 18.8 Å². The van der Waals surface area contributed by atoms with Crippen LogP contribution in [0.3, 0.4) is 0 Å². The van der Waals surface area contributed by atoms with Crippen molar-refractivity contribution in [1.82, 2.24) is 15.2 Å². The minimum atomic E-state index is 0.766. The summed E-state index contributed by atoms with van der Waals surface area (Å²) in [4.78, 5) is 11.0. The van der Waals surface area contributed by atoms with Crippen molar-refractivity contribution in [1.29, 1.82) is 0 Å². The van der Waals surface area contributed by atoms with Gasteiger partial charge < -0.3 is 10.2 Å². The number of likely N-dealkylation sites (tertiary alicyclic amines) is 1. The summed E-state index contributed by atoms with van der Waals surface area (Å²) < 4.78 is 0. The number of nitrogens with zero attached hydrogens (tertiary/aromatic N) is 3. The lowest BCUT2D eigenvalue weighted by molar-refractivity contribution is 0.266. The molecule has 2 heterocycles. The number of hydrogen-bond donors (Lipinski definition) is 1. The van der Waals surface area contributed by atoms with Crippen LogP contribution in [0.25, 0.3) is 0 Å². The lowest BCUT2D eigenvalue weighted by Gasteiger charge is -2.33. The van der Waals surface area contributed by atoms with Crippen molar-refractivity contribution in [2.24, 2.45) is 10.9 Å². The average molecular weight is 252 g/mol. The molecule has 1 unspecified atom stereocenters. The molecular formula is C12H20N4S. The van der Waals surface area contributed by atoms with Crippen LogP contribution in [-0.2, 0) is 6.54 Å². The summed E-state index contributed by atoms with van der Waals surface area (Å²) in [5.41, 5.74) is 0. The van der Waals surface area contributed by atoms with E-state index in [-0.39, 0.29) is 0 Å². The molecule has 94 valence electrons. The monoisotopic (exact) mass is 252 g/mol. The molecule has 1 N–H and O–H groups in total. The van der Waals surface area contributed by atoms with Crippen molar-refractivity contribution in [2.45, 2.75) is 26.3 Å². The van der Waals surface area contributed by atoms with Crippen LogP contribution in [0.4, 0.5) is 0 Å². The molecule has 4 nitrogen and oxygen atoms in total. The summed E-state index contributed by atoms with van der Waals surface area (Å²) in [6.07, 6.45) is 4.44. The van der Waals surface area contributed by atoms with E-state index in [9.17, 15) is 0 Å². The predicted molar refractivity (Wildman–Crippen MR) is 72.3 cm³/mol. The van der Waals surface area contributed by atoms with Crippen molar-refractivity contribution in [2.75, 3.05) is 20.1 Å². The molecule has 5 heteroatoms. The van der Waals surface area contributed by atoms with Crippen LogP contribution in [0.5, 0.6) is 0 Å². The molecule has 1 saturated heterocycles. The summed E-state index contributed by atoms with van der Waals surface area (Å²) in [5, 5.41) is 6.50. The Balaban J connectivity index is 1.88. The van der Waals surface area contributed by atoms with Crippen LogP contribution in [0.1, 0.15) is 24.8 Å². The van der Waals surface area contributed by atoms with E-state index in [2.05, 4.69) is 27.1 Å². The first-order valence-electron chi connectivity index (χ1n) is 6.13. The topological polar surface area (TPSA) is 40.5 Å². The third kappa shape index (κ3) is 3.43. The lowest BCUT2D eigenvalue weighted by atomic mass is 10.0. The smallest absolute Gasteiger partial charge is 0.194 e. The number of hydrogen-bond acceptors (Lipinski definition) is 3. The van der Waals surface area contributed by atoms with Gasteiger partial charge in [-0.15, -0.1) is 11.3 Å². The van der Waals surface area contributed by atoms with Crippen LogP contribution in [0.2, 0.25) is 0 Å². The molecule has 0 spiro atoms. The van der Waals surface area contributed by atoms with Gasteiger partial charge >= 0.3 is 0 Å². The number of piperidine rings is 1. The first kappa shape index (κ1) is 12.4. The molecule has 0 saturated carbocycles. The van der Waals surface area contributed by atoms with E-state index in [1.165, 1.54) is 12.8 Å². The maximum atomic E-state index is 4.35. The lowest BCUT2D eigenvalue weighted by Crippen LogP contribution is -2.45. The predicted octanol–water partition coefficient (Wildman–Crippen LogP) is 1.95. The number of aromatic nitrogens is 1. The van der Waals surface area contributed by atoms with Crippen LogP contribution in [-0.4, -0.2) is 36.0 Å². The zero-order valence-corrected chi connectivity index (χ0v) is 11.3. The second-order valence-electron chi connectivity index (χ2n) is 4.52. The highest BCUT2D eigenvalue weighted by Crippen LogP contribution is 2.15. The van der Waals surface area contributed by atoms with E-state index in [0.717, 1.165) is 36.5 Å². The maximum Gasteiger partial charge on any atom is 0.194 e. The standard InChI is InChI=1S/C12H20N4S/c1-10-4-3-6-16(9-10)12(13-2)15-8-11-14-5-7-17-11/h5,7,10H,3-4,6,8-9H2,1-2H3,(H,13,15). The van der Waals surface area contributed by atoms with Gasteiger partial charge in [-0.1, -0.05) is 6.92 Å². The maximum absolute atomic E-state index is 4.35. The Hall–Kier alpha value is -1.10. The third-order valence-electron chi connectivity index (χ3n) is 3.05. The molecule has 1 aliphatic heterocycles. The summed E-state index contributed by atoms with van der Waals surface area (Å²) >= 11 is 1.68. The first-order chi connectivity index (χ1) is 8.29. The minimum absolute atomic E-state index is 0.766. The van der Waals surface area contributed by atoms with Gasteiger partial charge in [-0.25, -0.2) is 4.98 Å². The highest BCUT2D eigenvalue weighted by molar-refractivity contribution is 7.09. The fourth-order valence-corrected chi connectivity index (χ4v) is 2.77. The first-order valence-corrected chi connectivity index (χ1v) is 7.01. The number of rotatable bonds is 2. The summed E-state index contributed by atoms with van der Waals surface area (Å²) in [5.74, 6) is 1.77. The Morgan fingerprint density at radius 3 is 3.24 bits per heavy atom. The SMILES string of the molecule is CN=C(NCc1nccs1)N1CCCC(C)C1. The van der Waals surface area contributed by atoms with Crippen LogP contribution in [0.15, 0.2) is 16.6 Å². The largest absolute Gasteiger partial charge is 0.350 e. The van der Waals surface area contributed by atoms with E-state index >= 15 is 0 Å². The van der Waals surface area contributed by atoms with Gasteiger partial charge in [-0.3, -0.25) is 4.99 Å². The molecular weight excluding hydrogens is 232 g/mol. The Morgan fingerprint density at radius 2 is 2.59 bits per heavy atom. The van der Waals surface area contributed by atoms with Gasteiger partial charge in [0.15, 0.2) is 5.96 Å². The van der Waals surface area contributed by atoms with Gasteiger partial charge in [0.1, 0.15) is 5.01 Å². The Kier molecular flexibility index (Phi) is 4.36. The van der Waals surface area contributed by atoms with Gasteiger partial charge in [-0.2, -0.15) is 0 Å². The number of guanidine groups is 1. The molecule has 1 fully saturated rings. The van der Waals surface area contributed by atoms with Crippen LogP contribution >= 0.6 is 11.3 Å². The zero-order valence-electron chi connectivity index (χ0n) is 10.5. The number of nitrogens with one attached hydrogen (secondary N) is 1. The molecule has 2 rings (SSSR count). The second-order valence-corrected chi connectivity index (χ2v) is 5.50. The molecule has 17 heavy (non-hydrogen) atoms. The molecule has 1 aromatic rings. The summed E-state index contributed by atoms with van der Waals surface area (Å²) in [6, 6.07) is 0. The fourth-order valence-electron chi connectivity index (χ4n) is 2.21. The van der Waals surface area contributed by atoms with Crippen molar-refractivity contribution in [3.63, 3.8) is 0 Å². The minimum Gasteiger partial charge on any atom is -0.350 e. The molecule has 1 aliphatic rings. The molecule has 0 aromatic carbocycles. The summed E-state index contributed by atoms with van der Waals surface area (Å²) in [7, 11) is 1.85. The van der Waals surface area contributed by atoms with Gasteiger partial charge in [0.25, 0.3) is 0 Å². The average Bonchev–Trinajstić information content (AvgIpc) is 2.83. The van der Waals surface area contributed by atoms with Crippen LogP contribution in [0, 0.1) is 5.92 Å². The third-order valence-corrected chi connectivity index (χ3v) is 3.83. The van der Waals surface area contributed by atoms with Crippen LogP contribution < -0.4 is 5.32 Å². The molecule has 1 aromatic heterocycles. The quantitative estimate of drug-likeness (QED) is 0.646. The Morgan fingerprint density at radius 1 is 1.71 bits per heavy atom. The highest BCUT2D eigenvalue weighted by atomic mass is 32.1. The van der Waals surface area contributed by atoms with Gasteiger partial charge in [0.2, 0.25) is 0 Å². The molecule has 0 radical (unpaired) electrons. The van der Waals surface area contributed by atoms with Gasteiger partial charge in [0.05, 0.1) is 6.54 Å². The van der Waals surface area contributed by atoms with E-state index in [1.54, 1.807) is 11.3 Å². The van der Waals surface area contributed by atoms with E-state index < -0.39 is 0 Å². The second kappa shape index (κ2) is 6.00. The van der Waals surface area contributed by atoms with Crippen molar-refractivity contribution in [3.05, 3.63) is 16.6 Å². The molecule has 0 aliphatic carbocycles. The van der Waals surface area contributed by atoms with E-state index in [0.29, 0.717) is 0 Å². The number of thiazole rings is 1. The highest BCUT2D eigenvalue weighted by Gasteiger charge is 2.18. The van der Waals surface area contributed by atoms with Gasteiger partial charge in [0, 0.05) is 31.7 Å². The number of aliphatic imine (C=N–C) groups is 1. The molecule has 0 amide bonds. The molecule has 0 bridgehead atoms. The molecule has 1 atom stereocenters. The Bertz CT molecular complexity index is 361. The normalized spacial score (nSPS) is 21.6. The zero-order chi connectivity index (χ0) is 12.1. The van der Waals surface area contributed by atoms with Crippen molar-refractivity contribution in [3.8, 4) is 0 Å².